The fourth-order valence-electron chi connectivity index (χ4n) is 5.08. The van der Waals surface area contributed by atoms with Crippen molar-refractivity contribution in [2.75, 3.05) is 0 Å². The topological polar surface area (TPSA) is 110 Å². The number of aryl methyl sites for hydroxylation is 2. The molecule has 0 atom stereocenters. The van der Waals surface area contributed by atoms with Crippen molar-refractivity contribution in [3.8, 4) is 22.5 Å². The number of benzene rings is 3. The zero-order chi connectivity index (χ0) is 27.9. The van der Waals surface area contributed by atoms with E-state index in [1.165, 1.54) is 0 Å². The monoisotopic (exact) mass is 534 g/mol. The third-order valence-corrected chi connectivity index (χ3v) is 7.24. The molecule has 8 heteroatoms. The van der Waals surface area contributed by atoms with Crippen molar-refractivity contribution in [2.45, 2.75) is 59.1 Å². The molecule has 0 amide bonds. The number of aliphatic hydroxyl groups is 1. The van der Waals surface area contributed by atoms with E-state index in [1.807, 2.05) is 60.0 Å². The summed E-state index contributed by atoms with van der Waals surface area (Å²) in [5.41, 5.74) is 7.31. The summed E-state index contributed by atoms with van der Waals surface area (Å²) in [5.74, 6) is 1.45. The third kappa shape index (κ3) is 6.07. The van der Waals surface area contributed by atoms with Gasteiger partial charge in [-0.25, -0.2) is 10.1 Å². The summed E-state index contributed by atoms with van der Waals surface area (Å²) >= 11 is 0. The van der Waals surface area contributed by atoms with Gasteiger partial charge in [0.2, 0.25) is 0 Å². The van der Waals surface area contributed by atoms with Gasteiger partial charge >= 0.3 is 0 Å². The predicted octanol–water partition coefficient (Wildman–Crippen LogP) is 5.26. The maximum absolute atomic E-state index is 13.9. The number of hydrogen-bond donors (Lipinski definition) is 2. The Hall–Kier alpha value is -4.43. The molecule has 0 saturated carbocycles. The van der Waals surface area contributed by atoms with Gasteiger partial charge in [-0.15, -0.1) is 5.10 Å². The van der Waals surface area contributed by atoms with Crippen LogP contribution in [0.25, 0.3) is 22.5 Å². The third-order valence-electron chi connectivity index (χ3n) is 7.24. The van der Waals surface area contributed by atoms with E-state index < -0.39 is 0 Å². The highest BCUT2D eigenvalue weighted by atomic mass is 16.3. The summed E-state index contributed by atoms with van der Waals surface area (Å²) in [5, 5.41) is 23.9. The van der Waals surface area contributed by atoms with E-state index in [2.05, 4.69) is 51.8 Å². The number of H-pyrrole nitrogens is 1. The second kappa shape index (κ2) is 12.6. The number of unbranched alkanes of at least 4 members (excludes halogenated alkanes) is 2. The van der Waals surface area contributed by atoms with Crippen LogP contribution in [-0.4, -0.2) is 35.3 Å². The zero-order valence-corrected chi connectivity index (χ0v) is 23.0. The average Bonchev–Trinajstić information content (AvgIpc) is 3.53. The molecule has 204 valence electrons. The van der Waals surface area contributed by atoms with E-state index >= 15 is 0 Å². The molecule has 3 aromatic carbocycles. The molecular formula is C32H34N6O2. The molecule has 2 heterocycles. The van der Waals surface area contributed by atoms with Crippen molar-refractivity contribution in [2.24, 2.45) is 0 Å². The molecule has 0 bridgehead atoms. The van der Waals surface area contributed by atoms with Crippen molar-refractivity contribution >= 4 is 0 Å². The number of tetrazole rings is 1. The number of rotatable bonds is 11. The molecule has 0 aliphatic rings. The van der Waals surface area contributed by atoms with Crippen LogP contribution in [0.2, 0.25) is 0 Å². The lowest BCUT2D eigenvalue weighted by molar-refractivity contribution is 0.281. The molecular weight excluding hydrogens is 500 g/mol. The van der Waals surface area contributed by atoms with E-state index in [9.17, 15) is 9.90 Å². The van der Waals surface area contributed by atoms with Crippen molar-refractivity contribution in [3.63, 3.8) is 0 Å². The summed E-state index contributed by atoms with van der Waals surface area (Å²) < 4.78 is 1.84. The molecule has 5 aromatic rings. The minimum Gasteiger partial charge on any atom is -0.392 e. The standard InChI is InChI=1S/C32H34N6O2/c1-3-4-5-13-30-33-22(2)29(19-24-9-8-10-25(18-24)21-39)32(40)38(30)20-23-14-16-26(17-15-23)27-11-6-7-12-28(27)31-34-36-37-35-31/h6-12,14-18,39H,3-5,13,19-21H2,1-2H3,(H,34,35,36,37). The number of hydrogen-bond acceptors (Lipinski definition) is 6. The highest BCUT2D eigenvalue weighted by molar-refractivity contribution is 5.80. The van der Waals surface area contributed by atoms with Gasteiger partial charge in [-0.1, -0.05) is 92.6 Å². The summed E-state index contributed by atoms with van der Waals surface area (Å²) in [6.07, 6.45) is 4.44. The molecule has 0 fully saturated rings. The van der Waals surface area contributed by atoms with Gasteiger partial charge in [0, 0.05) is 29.7 Å². The highest BCUT2D eigenvalue weighted by Gasteiger charge is 2.16. The van der Waals surface area contributed by atoms with Crippen LogP contribution in [0.5, 0.6) is 0 Å². The second-order valence-corrected chi connectivity index (χ2v) is 10.1. The van der Waals surface area contributed by atoms with E-state index in [-0.39, 0.29) is 12.2 Å². The Bertz CT molecular complexity index is 1620. The molecule has 0 aliphatic heterocycles. The van der Waals surface area contributed by atoms with Gasteiger partial charge < -0.3 is 5.11 Å². The van der Waals surface area contributed by atoms with Gasteiger partial charge in [-0.3, -0.25) is 9.36 Å². The number of nitrogens with zero attached hydrogens (tertiary/aromatic N) is 5. The first kappa shape index (κ1) is 27.1. The minimum absolute atomic E-state index is 0.000594. The van der Waals surface area contributed by atoms with Crippen LogP contribution in [0.1, 0.15) is 60.0 Å². The largest absolute Gasteiger partial charge is 0.392 e. The number of aliphatic hydroxyl groups excluding tert-OH is 1. The van der Waals surface area contributed by atoms with E-state index in [4.69, 9.17) is 4.98 Å². The predicted molar refractivity (Wildman–Crippen MR) is 156 cm³/mol. The molecule has 0 unspecified atom stereocenters. The summed E-state index contributed by atoms with van der Waals surface area (Å²) in [6.45, 7) is 4.52. The normalized spacial score (nSPS) is 11.2. The Morgan fingerprint density at radius 1 is 0.900 bits per heavy atom. The Labute approximate surface area is 233 Å². The lowest BCUT2D eigenvalue weighted by Crippen LogP contribution is -2.30. The summed E-state index contributed by atoms with van der Waals surface area (Å²) in [7, 11) is 0. The van der Waals surface area contributed by atoms with Crippen LogP contribution in [0.3, 0.4) is 0 Å². The van der Waals surface area contributed by atoms with Crippen LogP contribution in [0.15, 0.2) is 77.6 Å². The molecule has 2 aromatic heterocycles. The van der Waals surface area contributed by atoms with Crippen LogP contribution < -0.4 is 5.56 Å². The SMILES string of the molecule is CCCCCc1nc(C)c(Cc2cccc(CO)c2)c(=O)n1Cc1ccc(-c2ccccc2-c2nnn[nH]2)cc1. The summed E-state index contributed by atoms with van der Waals surface area (Å²) in [6, 6.07) is 24.0. The maximum atomic E-state index is 13.9. The molecule has 0 radical (unpaired) electrons. The first-order chi connectivity index (χ1) is 19.6. The molecule has 0 spiro atoms. The van der Waals surface area contributed by atoms with E-state index in [0.717, 1.165) is 70.6 Å². The van der Waals surface area contributed by atoms with Gasteiger partial charge in [-0.05, 0) is 51.6 Å². The minimum atomic E-state index is -0.0264. The maximum Gasteiger partial charge on any atom is 0.257 e. The Morgan fingerprint density at radius 3 is 2.40 bits per heavy atom. The number of nitrogens with one attached hydrogen (secondary N) is 1. The van der Waals surface area contributed by atoms with Crippen molar-refractivity contribution in [3.05, 3.63) is 117 Å². The lowest BCUT2D eigenvalue weighted by atomic mass is 9.98. The zero-order valence-electron chi connectivity index (χ0n) is 23.0. The van der Waals surface area contributed by atoms with Gasteiger partial charge in [0.1, 0.15) is 5.82 Å². The molecule has 5 rings (SSSR count). The van der Waals surface area contributed by atoms with Crippen LogP contribution in [-0.2, 0) is 26.0 Å². The number of aromatic amines is 1. The molecule has 0 saturated heterocycles. The average molecular weight is 535 g/mol. The van der Waals surface area contributed by atoms with E-state index in [1.54, 1.807) is 0 Å². The van der Waals surface area contributed by atoms with Crippen LogP contribution >= 0.6 is 0 Å². The molecule has 40 heavy (non-hydrogen) atoms. The summed E-state index contributed by atoms with van der Waals surface area (Å²) in [4.78, 5) is 18.9. The van der Waals surface area contributed by atoms with Crippen molar-refractivity contribution in [1.82, 2.24) is 30.2 Å². The van der Waals surface area contributed by atoms with Gasteiger partial charge in [-0.2, -0.15) is 0 Å². The highest BCUT2D eigenvalue weighted by Crippen LogP contribution is 2.30. The lowest BCUT2D eigenvalue weighted by Gasteiger charge is -2.17. The van der Waals surface area contributed by atoms with Gasteiger partial charge in [0.05, 0.1) is 13.2 Å². The fraction of sp³-hybridized carbons (Fsp3) is 0.281. The van der Waals surface area contributed by atoms with Crippen molar-refractivity contribution in [1.29, 1.82) is 0 Å². The first-order valence-corrected chi connectivity index (χ1v) is 13.8. The fourth-order valence-corrected chi connectivity index (χ4v) is 5.08. The van der Waals surface area contributed by atoms with Gasteiger partial charge in [0.15, 0.2) is 5.82 Å². The Balaban J connectivity index is 1.47. The first-order valence-electron chi connectivity index (χ1n) is 13.8. The Morgan fingerprint density at radius 2 is 1.68 bits per heavy atom. The quantitative estimate of drug-likeness (QED) is 0.224. The smallest absolute Gasteiger partial charge is 0.257 e. The van der Waals surface area contributed by atoms with E-state index in [0.29, 0.717) is 24.4 Å². The molecule has 2 N–H and O–H groups in total. The second-order valence-electron chi connectivity index (χ2n) is 10.1. The number of aromatic nitrogens is 6. The van der Waals surface area contributed by atoms with Gasteiger partial charge in [0.25, 0.3) is 5.56 Å². The molecule has 8 nitrogen and oxygen atoms in total. The van der Waals surface area contributed by atoms with Crippen LogP contribution in [0, 0.1) is 6.92 Å². The van der Waals surface area contributed by atoms with Crippen LogP contribution in [0.4, 0.5) is 0 Å². The van der Waals surface area contributed by atoms with Crippen molar-refractivity contribution < 1.29 is 5.11 Å². The molecule has 0 aliphatic carbocycles. The Kier molecular flexibility index (Phi) is 8.56.